The van der Waals surface area contributed by atoms with Crippen molar-refractivity contribution >= 4 is 0 Å². The van der Waals surface area contributed by atoms with E-state index in [-0.39, 0.29) is 6.04 Å². The Hall–Kier alpha value is -2.46. The molecule has 29 heavy (non-hydrogen) atoms. The van der Waals surface area contributed by atoms with E-state index in [1.807, 2.05) is 6.07 Å². The lowest BCUT2D eigenvalue weighted by Gasteiger charge is -2.40. The van der Waals surface area contributed by atoms with E-state index < -0.39 is 0 Å². The fourth-order valence-corrected chi connectivity index (χ4v) is 4.32. The van der Waals surface area contributed by atoms with E-state index in [1.54, 1.807) is 0 Å². The minimum Gasteiger partial charge on any atom is -0.324 e. The molecule has 3 aromatic rings. The van der Waals surface area contributed by atoms with Gasteiger partial charge in [0.15, 0.2) is 0 Å². The Labute approximate surface area is 174 Å². The van der Waals surface area contributed by atoms with Crippen molar-refractivity contribution in [2.75, 3.05) is 32.7 Å². The fourth-order valence-electron chi connectivity index (χ4n) is 4.32. The van der Waals surface area contributed by atoms with E-state index in [9.17, 15) is 0 Å². The number of piperazine rings is 1. The lowest BCUT2D eigenvalue weighted by atomic mass is 9.96. The van der Waals surface area contributed by atoms with Crippen molar-refractivity contribution in [2.45, 2.75) is 18.5 Å². The highest BCUT2D eigenvalue weighted by molar-refractivity contribution is 5.32. The molecule has 4 rings (SSSR count). The molecule has 0 unspecified atom stereocenters. The Kier molecular flexibility index (Phi) is 6.73. The van der Waals surface area contributed by atoms with Crippen LogP contribution in [0, 0.1) is 0 Å². The molecular formula is C26H31N3. The zero-order valence-electron chi connectivity index (χ0n) is 17.0. The average Bonchev–Trinajstić information content (AvgIpc) is 2.80. The molecular weight excluding hydrogens is 354 g/mol. The van der Waals surface area contributed by atoms with Gasteiger partial charge >= 0.3 is 0 Å². The summed E-state index contributed by atoms with van der Waals surface area (Å²) < 4.78 is 0. The van der Waals surface area contributed by atoms with Gasteiger partial charge in [-0.25, -0.2) is 0 Å². The zero-order valence-corrected chi connectivity index (χ0v) is 17.0. The Bertz CT molecular complexity index is 803. The minimum atomic E-state index is 0.121. The third-order valence-electron chi connectivity index (χ3n) is 5.99. The first kappa shape index (κ1) is 19.8. The van der Waals surface area contributed by atoms with Crippen molar-refractivity contribution < 1.29 is 0 Å². The Morgan fingerprint density at radius 1 is 0.621 bits per heavy atom. The highest BCUT2D eigenvalue weighted by atomic mass is 15.3. The van der Waals surface area contributed by atoms with Crippen molar-refractivity contribution in [1.29, 1.82) is 0 Å². The summed E-state index contributed by atoms with van der Waals surface area (Å²) in [6.07, 6.45) is 1.00. The summed E-state index contributed by atoms with van der Waals surface area (Å²) in [6, 6.07) is 32.7. The van der Waals surface area contributed by atoms with E-state index in [0.717, 1.165) is 39.1 Å². The van der Waals surface area contributed by atoms with Crippen LogP contribution in [0.15, 0.2) is 91.0 Å². The quantitative estimate of drug-likeness (QED) is 0.651. The molecule has 0 spiro atoms. The van der Waals surface area contributed by atoms with Gasteiger partial charge in [-0.3, -0.25) is 4.90 Å². The molecule has 3 heteroatoms. The van der Waals surface area contributed by atoms with Crippen LogP contribution in [-0.4, -0.2) is 42.5 Å². The monoisotopic (exact) mass is 385 g/mol. The number of nitrogens with two attached hydrogens (primary N) is 1. The zero-order chi connectivity index (χ0) is 19.9. The molecule has 0 aromatic heterocycles. The summed E-state index contributed by atoms with van der Waals surface area (Å²) >= 11 is 0. The van der Waals surface area contributed by atoms with Gasteiger partial charge in [-0.2, -0.15) is 0 Å². The van der Waals surface area contributed by atoms with Crippen LogP contribution >= 0.6 is 0 Å². The number of hydrogen-bond acceptors (Lipinski definition) is 3. The molecule has 0 amide bonds. The number of benzene rings is 3. The van der Waals surface area contributed by atoms with Crippen molar-refractivity contribution in [3.63, 3.8) is 0 Å². The predicted octanol–water partition coefficient (Wildman–Crippen LogP) is 4.48. The first-order valence-electron chi connectivity index (χ1n) is 10.7. The van der Waals surface area contributed by atoms with Crippen molar-refractivity contribution in [3.8, 4) is 0 Å². The second-order valence-corrected chi connectivity index (χ2v) is 7.91. The predicted molar refractivity (Wildman–Crippen MR) is 121 cm³/mol. The van der Waals surface area contributed by atoms with E-state index in [4.69, 9.17) is 5.73 Å². The first-order valence-corrected chi connectivity index (χ1v) is 10.7. The Balaban J connectivity index is 1.37. The molecule has 0 aliphatic carbocycles. The largest absolute Gasteiger partial charge is 0.324 e. The number of hydrogen-bond donors (Lipinski definition) is 1. The summed E-state index contributed by atoms with van der Waals surface area (Å²) in [6.45, 7) is 5.41. The van der Waals surface area contributed by atoms with Crippen LogP contribution in [0.4, 0.5) is 0 Å². The van der Waals surface area contributed by atoms with Crippen LogP contribution in [0.2, 0.25) is 0 Å². The minimum absolute atomic E-state index is 0.121. The van der Waals surface area contributed by atoms with E-state index in [1.165, 1.54) is 16.7 Å². The third-order valence-corrected chi connectivity index (χ3v) is 5.99. The SMILES string of the molecule is N[C@H](CCN1CCN(C(c2ccccc2)c2ccccc2)CC1)c1ccccc1. The third kappa shape index (κ3) is 5.13. The normalized spacial score (nSPS) is 16.8. The van der Waals surface area contributed by atoms with Gasteiger partial charge in [0, 0.05) is 38.8 Å². The molecule has 3 aromatic carbocycles. The lowest BCUT2D eigenvalue weighted by Crippen LogP contribution is -2.48. The summed E-state index contributed by atoms with van der Waals surface area (Å²) in [5.41, 5.74) is 10.4. The van der Waals surface area contributed by atoms with Gasteiger partial charge in [0.1, 0.15) is 0 Å². The molecule has 150 valence electrons. The van der Waals surface area contributed by atoms with Gasteiger partial charge in [-0.15, -0.1) is 0 Å². The van der Waals surface area contributed by atoms with E-state index in [2.05, 4.69) is 94.7 Å². The Morgan fingerprint density at radius 2 is 1.07 bits per heavy atom. The second kappa shape index (κ2) is 9.84. The smallest absolute Gasteiger partial charge is 0.0602 e. The molecule has 3 nitrogen and oxygen atoms in total. The summed E-state index contributed by atoms with van der Waals surface area (Å²) in [4.78, 5) is 5.19. The highest BCUT2D eigenvalue weighted by Gasteiger charge is 2.26. The van der Waals surface area contributed by atoms with Gasteiger partial charge < -0.3 is 10.6 Å². The molecule has 1 heterocycles. The van der Waals surface area contributed by atoms with E-state index in [0.29, 0.717) is 6.04 Å². The average molecular weight is 386 g/mol. The van der Waals surface area contributed by atoms with Crippen molar-refractivity contribution in [2.24, 2.45) is 5.73 Å². The van der Waals surface area contributed by atoms with Crippen LogP contribution in [-0.2, 0) is 0 Å². The molecule has 0 bridgehead atoms. The summed E-state index contributed by atoms with van der Waals surface area (Å²) in [5.74, 6) is 0. The molecule has 1 aliphatic rings. The van der Waals surface area contributed by atoms with Crippen LogP contribution in [0.1, 0.15) is 35.2 Å². The van der Waals surface area contributed by atoms with Crippen molar-refractivity contribution in [3.05, 3.63) is 108 Å². The molecule has 1 aliphatic heterocycles. The molecule has 1 saturated heterocycles. The number of nitrogens with zero attached hydrogens (tertiary/aromatic N) is 2. The maximum atomic E-state index is 6.40. The molecule has 0 saturated carbocycles. The van der Waals surface area contributed by atoms with Gasteiger partial charge in [-0.1, -0.05) is 91.0 Å². The first-order chi connectivity index (χ1) is 14.3. The fraction of sp³-hybridized carbons (Fsp3) is 0.308. The molecule has 1 fully saturated rings. The molecule has 0 radical (unpaired) electrons. The lowest BCUT2D eigenvalue weighted by molar-refractivity contribution is 0.107. The summed E-state index contributed by atoms with van der Waals surface area (Å²) in [5, 5.41) is 0. The number of rotatable bonds is 7. The van der Waals surface area contributed by atoms with E-state index >= 15 is 0 Å². The topological polar surface area (TPSA) is 32.5 Å². The second-order valence-electron chi connectivity index (χ2n) is 7.91. The summed E-state index contributed by atoms with van der Waals surface area (Å²) in [7, 11) is 0. The van der Waals surface area contributed by atoms with Gasteiger partial charge in [-0.05, 0) is 23.1 Å². The van der Waals surface area contributed by atoms with Crippen molar-refractivity contribution in [1.82, 2.24) is 9.80 Å². The van der Waals surface area contributed by atoms with Crippen LogP contribution in [0.5, 0.6) is 0 Å². The Morgan fingerprint density at radius 3 is 1.55 bits per heavy atom. The maximum absolute atomic E-state index is 6.40. The van der Waals surface area contributed by atoms with Gasteiger partial charge in [0.2, 0.25) is 0 Å². The standard InChI is InChI=1S/C26H31N3/c27-25(22-10-4-1-5-11-22)16-17-28-18-20-29(21-19-28)26(23-12-6-2-7-13-23)24-14-8-3-9-15-24/h1-15,25-26H,16-21,27H2/t25-/m1/s1. The van der Waals surface area contributed by atoms with Gasteiger partial charge in [0.05, 0.1) is 6.04 Å². The van der Waals surface area contributed by atoms with Gasteiger partial charge in [0.25, 0.3) is 0 Å². The highest BCUT2D eigenvalue weighted by Crippen LogP contribution is 2.29. The van der Waals surface area contributed by atoms with Crippen LogP contribution < -0.4 is 5.73 Å². The van der Waals surface area contributed by atoms with Crippen LogP contribution in [0.25, 0.3) is 0 Å². The van der Waals surface area contributed by atoms with Crippen LogP contribution in [0.3, 0.4) is 0 Å². The maximum Gasteiger partial charge on any atom is 0.0602 e. The molecule has 2 N–H and O–H groups in total. The molecule has 1 atom stereocenters.